The predicted molar refractivity (Wildman–Crippen MR) is 145 cm³/mol. The van der Waals surface area contributed by atoms with Crippen molar-refractivity contribution in [3.63, 3.8) is 0 Å². The molecule has 2 aliphatic heterocycles. The fourth-order valence-electron chi connectivity index (χ4n) is 5.15. The zero-order valence-electron chi connectivity index (χ0n) is 22.1. The van der Waals surface area contributed by atoms with E-state index in [4.69, 9.17) is 14.2 Å². The van der Waals surface area contributed by atoms with Crippen LogP contribution in [0.2, 0.25) is 0 Å². The van der Waals surface area contributed by atoms with E-state index in [1.165, 1.54) is 18.2 Å². The van der Waals surface area contributed by atoms with Gasteiger partial charge in [-0.3, -0.25) is 0 Å². The molecule has 38 heavy (non-hydrogen) atoms. The fraction of sp³-hybridized carbons (Fsp3) is 0.464. The van der Waals surface area contributed by atoms with Crippen molar-refractivity contribution >= 4 is 10.0 Å². The normalized spacial score (nSPS) is 18.1. The molecule has 9 nitrogen and oxygen atoms in total. The van der Waals surface area contributed by atoms with Gasteiger partial charge in [-0.15, -0.1) is 0 Å². The molecule has 0 saturated heterocycles. The first-order valence-electron chi connectivity index (χ1n) is 13.2. The van der Waals surface area contributed by atoms with Gasteiger partial charge in [0, 0.05) is 32.0 Å². The van der Waals surface area contributed by atoms with E-state index in [9.17, 15) is 8.42 Å². The molecule has 0 radical (unpaired) electrons. The molecule has 204 valence electrons. The molecule has 3 aromatic rings. The van der Waals surface area contributed by atoms with Gasteiger partial charge in [-0.05, 0) is 93.2 Å². The number of rotatable bonds is 4. The Kier molecular flexibility index (Phi) is 8.21. The molecule has 10 heteroatoms. The average Bonchev–Trinajstić information content (AvgIpc) is 3.61. The average molecular weight is 541 g/mol. The Balaban J connectivity index is 1.35. The van der Waals surface area contributed by atoms with Gasteiger partial charge in [0.15, 0.2) is 11.5 Å². The Morgan fingerprint density at radius 2 is 1.66 bits per heavy atom. The third-order valence-electron chi connectivity index (χ3n) is 7.22. The molecule has 0 saturated carbocycles. The topological polar surface area (TPSA) is 86.1 Å². The molecular formula is C28H36N4O5S. The Morgan fingerprint density at radius 3 is 2.39 bits per heavy atom. The number of aromatic nitrogens is 2. The van der Waals surface area contributed by atoms with E-state index >= 15 is 0 Å². The number of fused-ring (bicyclic) bond motifs is 2. The van der Waals surface area contributed by atoms with Crippen LogP contribution in [0, 0.1) is 0 Å². The van der Waals surface area contributed by atoms with Crippen LogP contribution in [0.5, 0.6) is 17.2 Å². The Bertz CT molecular complexity index is 1340. The van der Waals surface area contributed by atoms with Gasteiger partial charge in [0.25, 0.3) is 0 Å². The first-order valence-corrected chi connectivity index (χ1v) is 14.7. The van der Waals surface area contributed by atoms with E-state index in [-0.39, 0.29) is 11.7 Å². The molecule has 0 aliphatic carbocycles. The van der Waals surface area contributed by atoms with E-state index < -0.39 is 10.0 Å². The minimum atomic E-state index is -3.77. The van der Waals surface area contributed by atoms with Gasteiger partial charge in [-0.25, -0.2) is 13.1 Å². The Hall–Kier alpha value is -3.08. The highest BCUT2D eigenvalue weighted by atomic mass is 32.2. The molecule has 2 aromatic carbocycles. The van der Waals surface area contributed by atoms with E-state index in [1.54, 1.807) is 33.5 Å². The lowest BCUT2D eigenvalue weighted by atomic mass is 9.99. The maximum Gasteiger partial charge on any atom is 0.246 e. The SMILES string of the molecule is COc1ccc(-n2cccn2)cc1S(=O)(=O)N1CCCCCc2cc3c(cc2CN(C)CCCC1)OCO3. The van der Waals surface area contributed by atoms with Crippen molar-refractivity contribution in [2.45, 2.75) is 50.0 Å². The number of aryl methyl sites for hydroxylation is 1. The molecular weight excluding hydrogens is 504 g/mol. The van der Waals surface area contributed by atoms with Crippen molar-refractivity contribution in [3.8, 4) is 22.9 Å². The number of hydrogen-bond donors (Lipinski definition) is 0. The van der Waals surface area contributed by atoms with Crippen molar-refractivity contribution in [1.82, 2.24) is 19.0 Å². The maximum absolute atomic E-state index is 13.9. The summed E-state index contributed by atoms with van der Waals surface area (Å²) in [5.41, 5.74) is 3.24. The zero-order valence-corrected chi connectivity index (χ0v) is 23.0. The summed E-state index contributed by atoms with van der Waals surface area (Å²) < 4.78 is 47.9. The van der Waals surface area contributed by atoms with Gasteiger partial charge >= 0.3 is 0 Å². The summed E-state index contributed by atoms with van der Waals surface area (Å²) >= 11 is 0. The molecule has 0 N–H and O–H groups in total. The summed E-state index contributed by atoms with van der Waals surface area (Å²) in [6.45, 7) is 2.92. The van der Waals surface area contributed by atoms with Crippen molar-refractivity contribution < 1.29 is 22.6 Å². The predicted octanol–water partition coefficient (Wildman–Crippen LogP) is 4.24. The molecule has 0 spiro atoms. The second-order valence-electron chi connectivity index (χ2n) is 9.92. The lowest BCUT2D eigenvalue weighted by molar-refractivity contribution is 0.174. The van der Waals surface area contributed by atoms with E-state index in [2.05, 4.69) is 29.2 Å². The van der Waals surface area contributed by atoms with E-state index in [0.29, 0.717) is 24.5 Å². The van der Waals surface area contributed by atoms with Gasteiger partial charge in [-0.2, -0.15) is 9.40 Å². The van der Waals surface area contributed by atoms with Gasteiger partial charge in [0.1, 0.15) is 10.6 Å². The lowest BCUT2D eigenvalue weighted by Gasteiger charge is -2.25. The minimum Gasteiger partial charge on any atom is -0.495 e. The maximum atomic E-state index is 13.9. The van der Waals surface area contributed by atoms with Gasteiger partial charge < -0.3 is 19.1 Å². The van der Waals surface area contributed by atoms with Crippen LogP contribution < -0.4 is 14.2 Å². The third-order valence-corrected chi connectivity index (χ3v) is 9.14. The largest absolute Gasteiger partial charge is 0.495 e. The molecule has 1 aromatic heterocycles. The lowest BCUT2D eigenvalue weighted by Crippen LogP contribution is -2.34. The van der Waals surface area contributed by atoms with Crippen molar-refractivity contribution in [2.24, 2.45) is 0 Å². The van der Waals surface area contributed by atoms with Crippen molar-refractivity contribution in [2.75, 3.05) is 40.6 Å². The molecule has 0 bridgehead atoms. The van der Waals surface area contributed by atoms with Crippen LogP contribution in [0.4, 0.5) is 0 Å². The van der Waals surface area contributed by atoms with Gasteiger partial charge in [0.05, 0.1) is 12.8 Å². The van der Waals surface area contributed by atoms with Crippen molar-refractivity contribution in [1.29, 1.82) is 0 Å². The highest BCUT2D eigenvalue weighted by molar-refractivity contribution is 7.89. The molecule has 3 heterocycles. The second kappa shape index (κ2) is 11.8. The van der Waals surface area contributed by atoms with Gasteiger partial charge in [-0.1, -0.05) is 6.42 Å². The summed E-state index contributed by atoms with van der Waals surface area (Å²) in [5, 5.41) is 4.25. The molecule has 0 unspecified atom stereocenters. The highest BCUT2D eigenvalue weighted by Gasteiger charge is 2.28. The standard InChI is InChI=1S/C28H36N4O5S/c1-30-13-6-7-15-31(14-5-3-4-9-22-17-26-27(37-21-36-26)18-23(22)20-30)38(33,34)28-19-24(10-11-25(28)35-2)32-16-8-12-29-32/h8,10-12,16-19H,3-7,9,13-15,20-21H2,1-2H3. The summed E-state index contributed by atoms with van der Waals surface area (Å²) in [4.78, 5) is 2.47. The number of ether oxygens (including phenoxy) is 3. The number of sulfonamides is 1. The first-order chi connectivity index (χ1) is 18.5. The molecule has 0 atom stereocenters. The minimum absolute atomic E-state index is 0.177. The Labute approximate surface area is 225 Å². The van der Waals surface area contributed by atoms with Crippen LogP contribution in [0.15, 0.2) is 53.7 Å². The number of nitrogens with zero attached hydrogens (tertiary/aromatic N) is 4. The monoisotopic (exact) mass is 540 g/mol. The van der Waals surface area contributed by atoms with Crippen LogP contribution in [-0.4, -0.2) is 68.0 Å². The summed E-state index contributed by atoms with van der Waals surface area (Å²) in [7, 11) is -0.153. The summed E-state index contributed by atoms with van der Waals surface area (Å²) in [6, 6.07) is 11.2. The number of hydrogen-bond acceptors (Lipinski definition) is 7. The molecule has 5 rings (SSSR count). The van der Waals surface area contributed by atoms with Crippen LogP contribution in [-0.2, 0) is 23.0 Å². The summed E-state index contributed by atoms with van der Waals surface area (Å²) in [5.74, 6) is 1.98. The third kappa shape index (κ3) is 5.82. The Morgan fingerprint density at radius 1 is 0.921 bits per heavy atom. The molecule has 0 fully saturated rings. The molecule has 0 amide bonds. The zero-order chi connectivity index (χ0) is 26.5. The number of benzene rings is 2. The van der Waals surface area contributed by atoms with Gasteiger partial charge in [0.2, 0.25) is 16.8 Å². The van der Waals surface area contributed by atoms with Crippen molar-refractivity contribution in [3.05, 3.63) is 59.9 Å². The van der Waals surface area contributed by atoms with E-state index in [1.807, 2.05) is 12.1 Å². The smallest absolute Gasteiger partial charge is 0.246 e. The van der Waals surface area contributed by atoms with Crippen LogP contribution >= 0.6 is 0 Å². The fourth-order valence-corrected chi connectivity index (χ4v) is 6.84. The second-order valence-corrected chi connectivity index (χ2v) is 11.8. The van der Waals surface area contributed by atoms with Crippen LogP contribution in [0.1, 0.15) is 43.2 Å². The molecule has 2 aliphatic rings. The summed E-state index contributed by atoms with van der Waals surface area (Å²) in [6.07, 6.45) is 8.76. The van der Waals surface area contributed by atoms with Crippen LogP contribution in [0.3, 0.4) is 0 Å². The highest BCUT2D eigenvalue weighted by Crippen LogP contribution is 2.36. The van der Waals surface area contributed by atoms with E-state index in [0.717, 1.165) is 63.1 Å². The first kappa shape index (κ1) is 26.5. The quantitative estimate of drug-likeness (QED) is 0.489. The van der Waals surface area contributed by atoms with Crippen LogP contribution in [0.25, 0.3) is 5.69 Å². The number of methoxy groups -OCH3 is 1.